The Labute approximate surface area is 107 Å². The lowest BCUT2D eigenvalue weighted by molar-refractivity contribution is 0.112. The number of benzene rings is 1. The minimum Gasteiger partial charge on any atom is -0.493 e. The first-order valence-electron chi connectivity index (χ1n) is 6.19. The van der Waals surface area contributed by atoms with Crippen LogP contribution in [0.1, 0.15) is 21.3 Å². The van der Waals surface area contributed by atoms with Gasteiger partial charge in [0.15, 0.2) is 17.3 Å². The van der Waals surface area contributed by atoms with Gasteiger partial charge in [-0.15, -0.1) is 0 Å². The predicted octanol–water partition coefficient (Wildman–Crippen LogP) is 3.02. The molecule has 0 radical (unpaired) electrons. The van der Waals surface area contributed by atoms with Crippen LogP contribution in [0.2, 0.25) is 0 Å². The van der Waals surface area contributed by atoms with Gasteiger partial charge < -0.3 is 14.2 Å². The standard InChI is InChI=1S/C12H12F2O4/c1-7(12(13)14)18-11-9(16-2)4-8(6-15)5-10(11)17-3/h4-6H,1-3H3/i1D3. The average Bonchev–Trinajstić information content (AvgIpc) is 2.42. The monoisotopic (exact) mass is 261 g/mol. The molecule has 1 aromatic rings. The second-order valence-corrected chi connectivity index (χ2v) is 3.06. The lowest BCUT2D eigenvalue weighted by atomic mass is 10.2. The minimum absolute atomic E-state index is 0.112. The van der Waals surface area contributed by atoms with Crippen molar-refractivity contribution in [3.05, 3.63) is 29.5 Å². The highest BCUT2D eigenvalue weighted by Crippen LogP contribution is 2.39. The lowest BCUT2D eigenvalue weighted by Gasteiger charge is -2.14. The van der Waals surface area contributed by atoms with Crippen molar-refractivity contribution in [2.45, 2.75) is 6.85 Å². The third-order valence-electron chi connectivity index (χ3n) is 1.99. The average molecular weight is 261 g/mol. The number of ether oxygens (including phenoxy) is 3. The minimum atomic E-state index is -3.15. The highest BCUT2D eigenvalue weighted by atomic mass is 19.3. The highest BCUT2D eigenvalue weighted by Gasteiger charge is 2.16. The van der Waals surface area contributed by atoms with Gasteiger partial charge >= 0.3 is 6.08 Å². The number of methoxy groups -OCH3 is 2. The summed E-state index contributed by atoms with van der Waals surface area (Å²) < 4.78 is 61.2. The third kappa shape index (κ3) is 2.97. The molecule has 0 aromatic heterocycles. The van der Waals surface area contributed by atoms with Gasteiger partial charge in [0.1, 0.15) is 6.29 Å². The summed E-state index contributed by atoms with van der Waals surface area (Å²) in [6.45, 7) is -3.15. The molecule has 0 aliphatic heterocycles. The van der Waals surface area contributed by atoms with Crippen molar-refractivity contribution in [1.82, 2.24) is 0 Å². The van der Waals surface area contributed by atoms with Gasteiger partial charge in [0.2, 0.25) is 5.75 Å². The molecule has 0 aliphatic carbocycles. The summed E-state index contributed by atoms with van der Waals surface area (Å²) in [4.78, 5) is 10.8. The van der Waals surface area contributed by atoms with Crippen LogP contribution in [0, 0.1) is 0 Å². The Bertz CT molecular complexity index is 541. The maximum Gasteiger partial charge on any atom is 0.307 e. The molecule has 0 heterocycles. The molecule has 0 amide bonds. The van der Waals surface area contributed by atoms with Crippen molar-refractivity contribution < 1.29 is 31.9 Å². The van der Waals surface area contributed by atoms with E-state index in [1.54, 1.807) is 0 Å². The van der Waals surface area contributed by atoms with Gasteiger partial charge in [-0.3, -0.25) is 4.79 Å². The van der Waals surface area contributed by atoms with E-state index < -0.39 is 18.7 Å². The fourth-order valence-electron chi connectivity index (χ4n) is 1.21. The zero-order valence-corrected chi connectivity index (χ0v) is 9.62. The van der Waals surface area contributed by atoms with Crippen LogP contribution in [0.3, 0.4) is 0 Å². The molecule has 0 aliphatic rings. The predicted molar refractivity (Wildman–Crippen MR) is 60.5 cm³/mol. The molecule has 0 bridgehead atoms. The third-order valence-corrected chi connectivity index (χ3v) is 1.99. The molecule has 0 fully saturated rings. The number of carbonyl (C=O) groups excluding carboxylic acids is 1. The second kappa shape index (κ2) is 6.00. The Hall–Kier alpha value is -2.11. The van der Waals surface area contributed by atoms with Crippen LogP contribution in [-0.2, 0) is 0 Å². The Morgan fingerprint density at radius 1 is 1.28 bits per heavy atom. The first-order chi connectivity index (χ1) is 9.74. The normalized spacial score (nSPS) is 12.8. The van der Waals surface area contributed by atoms with Gasteiger partial charge in [-0.2, -0.15) is 8.78 Å². The number of rotatable bonds is 5. The maximum atomic E-state index is 12.8. The van der Waals surface area contributed by atoms with Crippen molar-refractivity contribution in [2.24, 2.45) is 0 Å². The SMILES string of the molecule is [2H]C([2H])([2H])C(Oc1c(OC)cc(C=O)cc1OC)=C(F)F. The Morgan fingerprint density at radius 3 is 2.17 bits per heavy atom. The number of hydrogen-bond donors (Lipinski definition) is 0. The molecule has 0 saturated heterocycles. The van der Waals surface area contributed by atoms with Gasteiger partial charge in [0.25, 0.3) is 0 Å². The van der Waals surface area contributed by atoms with Gasteiger partial charge in [-0.1, -0.05) is 0 Å². The van der Waals surface area contributed by atoms with Gasteiger partial charge in [-0.25, -0.2) is 0 Å². The van der Waals surface area contributed by atoms with Gasteiger partial charge in [0, 0.05) is 9.68 Å². The summed E-state index contributed by atoms with van der Waals surface area (Å²) in [5, 5.41) is 0. The number of allylic oxidation sites excluding steroid dienone is 1. The van der Waals surface area contributed by atoms with E-state index in [1.165, 1.54) is 26.4 Å². The molecule has 0 spiro atoms. The maximum absolute atomic E-state index is 12.8. The molecular weight excluding hydrogens is 246 g/mol. The smallest absolute Gasteiger partial charge is 0.307 e. The molecule has 0 unspecified atom stereocenters. The number of carbonyl (C=O) groups is 1. The summed E-state index contributed by atoms with van der Waals surface area (Å²) in [6, 6.07) is 2.41. The first kappa shape index (κ1) is 9.87. The lowest BCUT2D eigenvalue weighted by Crippen LogP contribution is -1.99. The van der Waals surface area contributed by atoms with Crippen molar-refractivity contribution in [1.29, 1.82) is 0 Å². The van der Waals surface area contributed by atoms with E-state index in [0.717, 1.165) is 0 Å². The van der Waals surface area contributed by atoms with Crippen LogP contribution in [0.4, 0.5) is 8.78 Å². The zero-order valence-electron chi connectivity index (χ0n) is 12.6. The van der Waals surface area contributed by atoms with Crippen LogP contribution in [-0.4, -0.2) is 20.5 Å². The van der Waals surface area contributed by atoms with E-state index in [2.05, 4.69) is 0 Å². The van der Waals surface area contributed by atoms with E-state index in [-0.39, 0.29) is 22.8 Å². The second-order valence-electron chi connectivity index (χ2n) is 3.06. The van der Waals surface area contributed by atoms with Gasteiger partial charge in [0.05, 0.1) is 14.2 Å². The van der Waals surface area contributed by atoms with E-state index in [4.69, 9.17) is 18.3 Å². The summed E-state index contributed by atoms with van der Waals surface area (Å²) in [5.41, 5.74) is 0.149. The molecule has 0 atom stereocenters. The van der Waals surface area contributed by atoms with Crippen molar-refractivity contribution in [2.75, 3.05) is 14.2 Å². The Kier molecular flexibility index (Phi) is 3.29. The van der Waals surface area contributed by atoms with Crippen molar-refractivity contribution >= 4 is 6.29 Å². The molecule has 4 nitrogen and oxygen atoms in total. The van der Waals surface area contributed by atoms with Crippen LogP contribution in [0.25, 0.3) is 0 Å². The number of halogens is 2. The molecule has 1 rings (SSSR count). The largest absolute Gasteiger partial charge is 0.493 e. The van der Waals surface area contributed by atoms with Crippen LogP contribution in [0.15, 0.2) is 24.0 Å². The molecule has 1 aromatic carbocycles. The topological polar surface area (TPSA) is 44.8 Å². The Morgan fingerprint density at radius 2 is 1.83 bits per heavy atom. The molecule has 18 heavy (non-hydrogen) atoms. The van der Waals surface area contributed by atoms with Crippen LogP contribution >= 0.6 is 0 Å². The molecule has 6 heteroatoms. The fraction of sp³-hybridized carbons (Fsp3) is 0.250. The zero-order chi connectivity index (χ0) is 16.2. The fourth-order valence-corrected chi connectivity index (χ4v) is 1.21. The van der Waals surface area contributed by atoms with Crippen molar-refractivity contribution in [3.8, 4) is 17.2 Å². The quantitative estimate of drug-likeness (QED) is 0.603. The van der Waals surface area contributed by atoms with Crippen molar-refractivity contribution in [3.63, 3.8) is 0 Å². The molecular formula is C12H12F2O4. The van der Waals surface area contributed by atoms with Crippen LogP contribution < -0.4 is 14.2 Å². The van der Waals surface area contributed by atoms with E-state index in [1.807, 2.05) is 0 Å². The Balaban J connectivity index is 3.42. The number of aldehydes is 1. The summed E-state index contributed by atoms with van der Waals surface area (Å²) in [5.74, 6) is -2.07. The van der Waals surface area contributed by atoms with E-state index in [0.29, 0.717) is 6.29 Å². The highest BCUT2D eigenvalue weighted by molar-refractivity contribution is 5.78. The summed E-state index contributed by atoms with van der Waals surface area (Å²) in [7, 11) is 2.42. The first-order valence-corrected chi connectivity index (χ1v) is 4.69. The van der Waals surface area contributed by atoms with E-state index >= 15 is 0 Å². The molecule has 0 saturated carbocycles. The van der Waals surface area contributed by atoms with Gasteiger partial charge in [-0.05, 0) is 19.0 Å². The van der Waals surface area contributed by atoms with Crippen LogP contribution in [0.5, 0.6) is 17.2 Å². The number of hydrogen-bond acceptors (Lipinski definition) is 4. The molecule has 0 N–H and O–H groups in total. The van der Waals surface area contributed by atoms with E-state index in [9.17, 15) is 13.6 Å². The summed E-state index contributed by atoms with van der Waals surface area (Å²) in [6.07, 6.45) is -2.00. The molecule has 98 valence electrons. The summed E-state index contributed by atoms with van der Waals surface area (Å²) >= 11 is 0.